The third-order valence-corrected chi connectivity index (χ3v) is 6.96. The van der Waals surface area contributed by atoms with Crippen molar-refractivity contribution in [1.82, 2.24) is 0 Å². The molecule has 0 spiro atoms. The van der Waals surface area contributed by atoms with Gasteiger partial charge in [0.05, 0.1) is 0 Å². The van der Waals surface area contributed by atoms with Gasteiger partial charge in [0.25, 0.3) is 0 Å². The predicted octanol–water partition coefficient (Wildman–Crippen LogP) is 9.02. The van der Waals surface area contributed by atoms with Crippen molar-refractivity contribution in [2.75, 3.05) is 0 Å². The molecule has 0 aliphatic carbocycles. The number of benzene rings is 3. The molecule has 0 saturated carbocycles. The molecule has 0 N–H and O–H groups in total. The standard InChI is InChI=1S/3C12H18O.Y/c3*1-8(2)10-6-5-7-11(9(3)4)12(10)13;/h3*5-9,13H,1-4H3;/q;;;+3/p-3. The Morgan fingerprint density at radius 1 is 0.325 bits per heavy atom. The maximum Gasteiger partial charge on any atom is 3.00 e. The van der Waals surface area contributed by atoms with E-state index in [1.807, 2.05) is 54.6 Å². The first-order valence-corrected chi connectivity index (χ1v) is 14.5. The van der Waals surface area contributed by atoms with Crippen LogP contribution in [-0.2, 0) is 32.7 Å². The summed E-state index contributed by atoms with van der Waals surface area (Å²) in [5, 5.41) is 35.6. The molecular formula is C36H51O3Y. The maximum absolute atomic E-state index is 11.9. The first kappa shape index (κ1) is 38.2. The van der Waals surface area contributed by atoms with Crippen LogP contribution in [0.4, 0.5) is 0 Å². The van der Waals surface area contributed by atoms with Gasteiger partial charge in [0.1, 0.15) is 0 Å². The minimum absolute atomic E-state index is 0. The molecular weight excluding hydrogens is 569 g/mol. The molecule has 0 aliphatic heterocycles. The third kappa shape index (κ3) is 10.9. The second kappa shape index (κ2) is 17.9. The molecule has 3 aromatic carbocycles. The molecule has 3 nitrogen and oxygen atoms in total. The van der Waals surface area contributed by atoms with E-state index in [0.29, 0.717) is 35.5 Å². The summed E-state index contributed by atoms with van der Waals surface area (Å²) in [5.74, 6) is 2.64. The van der Waals surface area contributed by atoms with Gasteiger partial charge in [-0.25, -0.2) is 0 Å². The number of hydrogen-bond donors (Lipinski definition) is 0. The van der Waals surface area contributed by atoms with Crippen LogP contribution in [0.5, 0.6) is 17.2 Å². The maximum atomic E-state index is 11.9. The van der Waals surface area contributed by atoms with Crippen molar-refractivity contribution in [2.24, 2.45) is 0 Å². The Bertz CT molecular complexity index is 936. The molecule has 0 aliphatic rings. The van der Waals surface area contributed by atoms with Gasteiger partial charge in [-0.2, -0.15) is 0 Å². The van der Waals surface area contributed by atoms with Gasteiger partial charge in [-0.3, -0.25) is 0 Å². The normalized spacial score (nSPS) is 10.9. The van der Waals surface area contributed by atoms with Crippen molar-refractivity contribution in [3.05, 3.63) is 88.0 Å². The molecule has 0 atom stereocenters. The van der Waals surface area contributed by atoms with E-state index in [-0.39, 0.29) is 50.0 Å². The van der Waals surface area contributed by atoms with Crippen LogP contribution in [-0.4, -0.2) is 0 Å². The zero-order chi connectivity index (χ0) is 30.0. The molecule has 4 heteroatoms. The van der Waals surface area contributed by atoms with E-state index in [2.05, 4.69) is 83.1 Å². The Hall–Kier alpha value is -1.84. The number of para-hydroxylation sites is 3. The number of rotatable bonds is 6. The van der Waals surface area contributed by atoms with Gasteiger partial charge < -0.3 is 15.3 Å². The van der Waals surface area contributed by atoms with Crippen LogP contribution in [0.15, 0.2) is 54.6 Å². The fourth-order valence-corrected chi connectivity index (χ4v) is 4.45. The summed E-state index contributed by atoms with van der Waals surface area (Å²) in [6, 6.07) is 17.5. The minimum Gasteiger partial charge on any atom is -0.872 e. The van der Waals surface area contributed by atoms with Crippen LogP contribution in [0.3, 0.4) is 0 Å². The van der Waals surface area contributed by atoms with E-state index in [4.69, 9.17) is 0 Å². The monoisotopic (exact) mass is 620 g/mol. The van der Waals surface area contributed by atoms with Gasteiger partial charge >= 0.3 is 32.7 Å². The molecule has 0 heterocycles. The first-order chi connectivity index (χ1) is 18.1. The van der Waals surface area contributed by atoms with Crippen LogP contribution in [0.25, 0.3) is 0 Å². The van der Waals surface area contributed by atoms with Crippen molar-refractivity contribution in [1.29, 1.82) is 0 Å². The molecule has 0 bridgehead atoms. The average molecular weight is 621 g/mol. The van der Waals surface area contributed by atoms with Crippen LogP contribution in [0.1, 0.15) is 152 Å². The Kier molecular flexibility index (Phi) is 17.0. The molecule has 0 radical (unpaired) electrons. The summed E-state index contributed by atoms with van der Waals surface area (Å²) in [4.78, 5) is 0. The summed E-state index contributed by atoms with van der Waals surface area (Å²) < 4.78 is 0. The number of hydrogen-bond acceptors (Lipinski definition) is 3. The average Bonchev–Trinajstić information content (AvgIpc) is 2.84. The van der Waals surface area contributed by atoms with Gasteiger partial charge in [0.15, 0.2) is 0 Å². The summed E-state index contributed by atoms with van der Waals surface area (Å²) in [6.07, 6.45) is 0. The van der Waals surface area contributed by atoms with Crippen LogP contribution in [0.2, 0.25) is 0 Å². The fraction of sp³-hybridized carbons (Fsp3) is 0.500. The minimum atomic E-state index is 0. The summed E-state index contributed by atoms with van der Waals surface area (Å²) in [6.45, 7) is 24.7. The van der Waals surface area contributed by atoms with Crippen molar-refractivity contribution in [3.8, 4) is 17.2 Å². The topological polar surface area (TPSA) is 69.2 Å². The predicted molar refractivity (Wildman–Crippen MR) is 162 cm³/mol. The van der Waals surface area contributed by atoms with Crippen LogP contribution >= 0.6 is 0 Å². The fourth-order valence-electron chi connectivity index (χ4n) is 4.45. The second-order valence-electron chi connectivity index (χ2n) is 12.2. The summed E-state index contributed by atoms with van der Waals surface area (Å²) in [5.41, 5.74) is 5.62. The Morgan fingerprint density at radius 2 is 0.450 bits per heavy atom. The van der Waals surface area contributed by atoms with E-state index >= 15 is 0 Å². The smallest absolute Gasteiger partial charge is 0.872 e. The quantitative estimate of drug-likeness (QED) is 0.276. The molecule has 0 aromatic heterocycles. The molecule has 0 saturated heterocycles. The van der Waals surface area contributed by atoms with Gasteiger partial charge in [-0.05, 0) is 35.5 Å². The van der Waals surface area contributed by atoms with Crippen LogP contribution in [0, 0.1) is 0 Å². The molecule has 3 rings (SSSR count). The van der Waals surface area contributed by atoms with E-state index < -0.39 is 0 Å². The van der Waals surface area contributed by atoms with Crippen molar-refractivity contribution >= 4 is 0 Å². The molecule has 40 heavy (non-hydrogen) atoms. The van der Waals surface area contributed by atoms with E-state index in [9.17, 15) is 15.3 Å². The van der Waals surface area contributed by atoms with Gasteiger partial charge in [0, 0.05) is 0 Å². The Balaban J connectivity index is 0.000000563. The molecule has 3 aromatic rings. The van der Waals surface area contributed by atoms with Crippen molar-refractivity contribution in [3.63, 3.8) is 0 Å². The molecule has 0 amide bonds. The van der Waals surface area contributed by atoms with Gasteiger partial charge in [0.2, 0.25) is 0 Å². The SMILES string of the molecule is CC(C)c1cccc(C(C)C)c1[O-].CC(C)c1cccc(C(C)C)c1[O-].CC(C)c1cccc(C(C)C)c1[O-].[Y+3]. The van der Waals surface area contributed by atoms with Crippen LogP contribution < -0.4 is 15.3 Å². The molecule has 216 valence electrons. The van der Waals surface area contributed by atoms with E-state index in [1.54, 1.807) is 0 Å². The van der Waals surface area contributed by atoms with Gasteiger partial charge in [-0.1, -0.05) is 171 Å². The second-order valence-corrected chi connectivity index (χ2v) is 12.2. The largest absolute Gasteiger partial charge is 3.00 e. The molecule has 0 fully saturated rings. The zero-order valence-corrected chi connectivity index (χ0v) is 29.8. The van der Waals surface area contributed by atoms with E-state index in [1.165, 1.54) is 0 Å². The Morgan fingerprint density at radius 3 is 0.550 bits per heavy atom. The van der Waals surface area contributed by atoms with Crippen molar-refractivity contribution < 1.29 is 48.0 Å². The van der Waals surface area contributed by atoms with Gasteiger partial charge in [-0.15, -0.1) is 17.2 Å². The first-order valence-electron chi connectivity index (χ1n) is 14.5. The van der Waals surface area contributed by atoms with E-state index in [0.717, 1.165) is 33.4 Å². The summed E-state index contributed by atoms with van der Waals surface area (Å²) >= 11 is 0. The third-order valence-electron chi connectivity index (χ3n) is 6.96. The molecule has 0 unspecified atom stereocenters. The van der Waals surface area contributed by atoms with Crippen molar-refractivity contribution in [2.45, 2.75) is 119 Å². The Labute approximate surface area is 270 Å². The summed E-state index contributed by atoms with van der Waals surface area (Å²) in [7, 11) is 0. The zero-order valence-electron chi connectivity index (χ0n) is 27.0.